The van der Waals surface area contributed by atoms with Crippen LogP contribution in [0, 0.1) is 5.92 Å². The molecule has 4 N–H and O–H groups in total. The number of rotatable bonds is 12. The van der Waals surface area contributed by atoms with E-state index in [0.29, 0.717) is 30.2 Å². The number of phenolic OH excluding ortho intramolecular Hbond substituents is 1. The summed E-state index contributed by atoms with van der Waals surface area (Å²) in [5.41, 5.74) is 3.41. The van der Waals surface area contributed by atoms with Crippen molar-refractivity contribution in [3.8, 4) is 17.1 Å². The first-order valence-electron chi connectivity index (χ1n) is 14.6. The van der Waals surface area contributed by atoms with Gasteiger partial charge in [0, 0.05) is 34.2 Å². The van der Waals surface area contributed by atoms with Crippen LogP contribution in [0.1, 0.15) is 47.4 Å². The van der Waals surface area contributed by atoms with E-state index >= 15 is 0 Å². The Morgan fingerprint density at radius 1 is 1.02 bits per heavy atom. The number of aromatic nitrogens is 2. The summed E-state index contributed by atoms with van der Waals surface area (Å²) < 4.78 is 17.8. The third kappa shape index (κ3) is 7.73. The lowest BCUT2D eigenvalue weighted by Gasteiger charge is -2.24. The van der Waals surface area contributed by atoms with E-state index in [4.69, 9.17) is 13.9 Å². The Hall–Kier alpha value is -4.61. The number of methoxy groups -OCH3 is 1. The maximum atomic E-state index is 12.9. The summed E-state index contributed by atoms with van der Waals surface area (Å²) in [4.78, 5) is 33.6. The van der Waals surface area contributed by atoms with Crippen LogP contribution in [0.15, 0.2) is 87.9 Å². The number of para-hydroxylation sites is 1. The molecule has 1 amide bonds. The Morgan fingerprint density at radius 2 is 1.78 bits per heavy atom. The van der Waals surface area contributed by atoms with Crippen molar-refractivity contribution in [2.45, 2.75) is 39.0 Å². The molecule has 0 fully saturated rings. The van der Waals surface area contributed by atoms with Crippen LogP contribution in [0.5, 0.6) is 5.75 Å². The molecule has 2 atom stereocenters. The number of amides is 1. The second kappa shape index (κ2) is 14.4. The number of carbonyl (C=O) groups excluding carboxylic acids is 2. The number of carbonyl (C=O) groups is 2. The number of aromatic amines is 1. The van der Waals surface area contributed by atoms with E-state index in [0.717, 1.165) is 26.5 Å². The molecule has 234 valence electrons. The van der Waals surface area contributed by atoms with Crippen molar-refractivity contribution >= 4 is 38.9 Å². The highest BCUT2D eigenvalue weighted by Gasteiger charge is 2.30. The fraction of sp³-hybridized carbons (Fsp3) is 0.265. The molecule has 0 unspecified atom stereocenters. The van der Waals surface area contributed by atoms with Gasteiger partial charge in [0.05, 0.1) is 18.7 Å². The highest BCUT2D eigenvalue weighted by molar-refractivity contribution is 9.10. The molecule has 0 aliphatic heterocycles. The van der Waals surface area contributed by atoms with Crippen molar-refractivity contribution in [2.75, 3.05) is 13.7 Å². The molecule has 0 aliphatic rings. The number of alkyl carbamates (subject to hydrolysis) is 1. The molecule has 0 radical (unpaired) electrons. The summed E-state index contributed by atoms with van der Waals surface area (Å²) in [7, 11) is 1.31. The number of aromatic hydroxyl groups is 1. The van der Waals surface area contributed by atoms with Gasteiger partial charge in [0.25, 0.3) is 0 Å². The maximum absolute atomic E-state index is 12.9. The van der Waals surface area contributed by atoms with Gasteiger partial charge < -0.3 is 34.6 Å². The summed E-state index contributed by atoms with van der Waals surface area (Å²) in [5, 5.41) is 17.1. The van der Waals surface area contributed by atoms with Crippen molar-refractivity contribution in [1.29, 1.82) is 0 Å². The normalized spacial score (nSPS) is 12.6. The molecule has 3 aromatic carbocycles. The highest BCUT2D eigenvalue weighted by Crippen LogP contribution is 2.36. The van der Waals surface area contributed by atoms with E-state index in [9.17, 15) is 14.7 Å². The molecule has 2 aromatic heterocycles. The van der Waals surface area contributed by atoms with Gasteiger partial charge in [0.15, 0.2) is 11.5 Å². The summed E-state index contributed by atoms with van der Waals surface area (Å²) in [5.74, 6) is 0.169. The van der Waals surface area contributed by atoms with Crippen LogP contribution in [0.3, 0.4) is 0 Å². The fourth-order valence-electron chi connectivity index (χ4n) is 5.09. The van der Waals surface area contributed by atoms with Gasteiger partial charge in [-0.25, -0.2) is 14.6 Å². The topological polar surface area (TPSA) is 139 Å². The summed E-state index contributed by atoms with van der Waals surface area (Å²) >= 11 is 3.56. The van der Waals surface area contributed by atoms with Crippen molar-refractivity contribution in [2.24, 2.45) is 5.92 Å². The first-order valence-corrected chi connectivity index (χ1v) is 15.4. The SMILES string of the molecule is COC(=O)c1nc([C@@H](NC[C@H](Cc2ccc(O)cc2)NC(=O)OCc2ccccc2)C(C)C)oc1-c1c[nH]c2c(Br)cccc12. The zero-order valence-electron chi connectivity index (χ0n) is 25.2. The van der Waals surface area contributed by atoms with E-state index in [-0.39, 0.29) is 30.0 Å². The van der Waals surface area contributed by atoms with Gasteiger partial charge in [0.2, 0.25) is 5.89 Å². The summed E-state index contributed by atoms with van der Waals surface area (Å²) in [6.07, 6.45) is 1.69. The summed E-state index contributed by atoms with van der Waals surface area (Å²) in [6, 6.07) is 21.2. The molecule has 5 aromatic rings. The highest BCUT2D eigenvalue weighted by atomic mass is 79.9. The Morgan fingerprint density at radius 3 is 2.49 bits per heavy atom. The van der Waals surface area contributed by atoms with E-state index in [1.807, 2.05) is 74.5 Å². The van der Waals surface area contributed by atoms with Crippen LogP contribution in [0.2, 0.25) is 0 Å². The number of esters is 1. The van der Waals surface area contributed by atoms with Crippen LogP contribution >= 0.6 is 15.9 Å². The molecule has 5 rings (SSSR count). The molecule has 0 aliphatic carbocycles. The summed E-state index contributed by atoms with van der Waals surface area (Å²) in [6.45, 7) is 4.49. The Balaban J connectivity index is 1.38. The number of benzene rings is 3. The van der Waals surface area contributed by atoms with E-state index in [1.54, 1.807) is 18.3 Å². The molecule has 2 heterocycles. The monoisotopic (exact) mass is 674 g/mol. The van der Waals surface area contributed by atoms with Crippen LogP contribution in [0.4, 0.5) is 4.79 Å². The number of ether oxygens (including phenoxy) is 2. The van der Waals surface area contributed by atoms with E-state index in [1.165, 1.54) is 7.11 Å². The predicted molar refractivity (Wildman–Crippen MR) is 174 cm³/mol. The minimum absolute atomic E-state index is 0.00142. The molecule has 11 heteroatoms. The average Bonchev–Trinajstić information content (AvgIpc) is 3.67. The standard InChI is InChI=1S/C34H35BrN4O6/c1-20(2)28(32-39-30(33(41)43-3)31(45-32)26-18-37-29-25(26)10-7-11-27(29)35)36-17-23(16-21-12-14-24(40)15-13-21)38-34(42)44-19-22-8-5-4-6-9-22/h4-15,18,20,23,28,36-37,40H,16-17,19H2,1-3H3,(H,38,42)/t23-,28-/m0/s1. The van der Waals surface area contributed by atoms with Gasteiger partial charge in [-0.05, 0) is 57.6 Å². The second-order valence-electron chi connectivity index (χ2n) is 11.0. The number of H-pyrrole nitrogens is 1. The first kappa shape index (κ1) is 31.8. The van der Waals surface area contributed by atoms with Crippen LogP contribution in [-0.4, -0.2) is 46.8 Å². The van der Waals surface area contributed by atoms with Gasteiger partial charge in [-0.15, -0.1) is 0 Å². The van der Waals surface area contributed by atoms with Crippen LogP contribution < -0.4 is 10.6 Å². The minimum atomic E-state index is -0.611. The predicted octanol–water partition coefficient (Wildman–Crippen LogP) is 6.90. The van der Waals surface area contributed by atoms with E-state index in [2.05, 4.69) is 36.5 Å². The number of nitrogens with one attached hydrogen (secondary N) is 3. The van der Waals surface area contributed by atoms with E-state index < -0.39 is 18.1 Å². The van der Waals surface area contributed by atoms with Gasteiger partial charge in [-0.1, -0.05) is 68.4 Å². The number of phenols is 1. The Bertz CT molecular complexity index is 1750. The van der Waals surface area contributed by atoms with Gasteiger partial charge >= 0.3 is 12.1 Å². The number of oxazole rings is 1. The number of hydrogen-bond acceptors (Lipinski definition) is 8. The molecular formula is C34H35BrN4O6. The van der Waals surface area contributed by atoms with Gasteiger partial charge in [-0.2, -0.15) is 0 Å². The van der Waals surface area contributed by atoms with Gasteiger partial charge in [-0.3, -0.25) is 0 Å². The number of fused-ring (bicyclic) bond motifs is 1. The molecule has 0 bridgehead atoms. The van der Waals surface area contributed by atoms with Crippen LogP contribution in [-0.2, 0) is 22.5 Å². The molecule has 0 spiro atoms. The largest absolute Gasteiger partial charge is 0.508 e. The quantitative estimate of drug-likeness (QED) is 0.105. The lowest BCUT2D eigenvalue weighted by atomic mass is 10.0. The Labute approximate surface area is 269 Å². The first-order chi connectivity index (χ1) is 21.7. The lowest BCUT2D eigenvalue weighted by molar-refractivity contribution is 0.0595. The number of halogens is 1. The smallest absolute Gasteiger partial charge is 0.407 e. The van der Waals surface area contributed by atoms with Crippen molar-refractivity contribution in [1.82, 2.24) is 20.6 Å². The number of hydrogen-bond donors (Lipinski definition) is 4. The second-order valence-corrected chi connectivity index (χ2v) is 11.8. The molecule has 10 nitrogen and oxygen atoms in total. The zero-order valence-corrected chi connectivity index (χ0v) is 26.8. The van der Waals surface area contributed by atoms with Crippen molar-refractivity contribution in [3.63, 3.8) is 0 Å². The van der Waals surface area contributed by atoms with Crippen molar-refractivity contribution < 1.29 is 28.6 Å². The average molecular weight is 676 g/mol. The minimum Gasteiger partial charge on any atom is -0.508 e. The zero-order chi connectivity index (χ0) is 31.9. The lowest BCUT2D eigenvalue weighted by Crippen LogP contribution is -2.45. The fourth-order valence-corrected chi connectivity index (χ4v) is 5.57. The molecular weight excluding hydrogens is 640 g/mol. The van der Waals surface area contributed by atoms with Crippen molar-refractivity contribution in [3.05, 3.63) is 106 Å². The van der Waals surface area contributed by atoms with Crippen LogP contribution in [0.25, 0.3) is 22.2 Å². The maximum Gasteiger partial charge on any atom is 0.407 e. The number of nitrogens with zero attached hydrogens (tertiary/aromatic N) is 1. The molecule has 0 saturated carbocycles. The molecule has 45 heavy (non-hydrogen) atoms. The third-order valence-corrected chi connectivity index (χ3v) is 8.06. The Kier molecular flexibility index (Phi) is 10.2. The van der Waals surface area contributed by atoms with Gasteiger partial charge in [0.1, 0.15) is 12.4 Å². The third-order valence-electron chi connectivity index (χ3n) is 7.40. The molecule has 0 saturated heterocycles.